The van der Waals surface area contributed by atoms with Crippen molar-refractivity contribution in [2.45, 2.75) is 0 Å². The lowest BCUT2D eigenvalue weighted by molar-refractivity contribution is 0.467. The van der Waals surface area contributed by atoms with E-state index in [4.69, 9.17) is 9.66 Å². The van der Waals surface area contributed by atoms with Gasteiger partial charge in [0.25, 0.3) is 10.1 Å². The quantitative estimate of drug-likeness (QED) is 0.285. The summed E-state index contributed by atoms with van der Waals surface area (Å²) in [5.74, 6) is 0. The maximum atomic E-state index is 9.54. The molecular weight excluding hydrogens is 144 g/mol. The van der Waals surface area contributed by atoms with Crippen LogP contribution in [0.3, 0.4) is 0 Å². The summed E-state index contributed by atoms with van der Waals surface area (Å²) in [7, 11) is -4.10. The van der Waals surface area contributed by atoms with Crippen LogP contribution in [0.1, 0.15) is 0 Å². The molecule has 46 valence electrons. The molecule has 0 aromatic rings. The first-order chi connectivity index (χ1) is 3.06. The van der Waals surface area contributed by atoms with Gasteiger partial charge in [-0.15, -0.1) is 0 Å². The van der Waals surface area contributed by atoms with Gasteiger partial charge in [0.2, 0.25) is 0 Å². The van der Waals surface area contributed by atoms with Crippen molar-refractivity contribution < 1.29 is 18.1 Å². The molecule has 0 radical (unpaired) electrons. The molecule has 2 N–H and O–H groups in total. The van der Waals surface area contributed by atoms with Crippen molar-refractivity contribution in [2.24, 2.45) is 0 Å². The molecule has 0 rings (SSSR count). The predicted octanol–water partition coefficient (Wildman–Crippen LogP) is -1.01. The molecule has 0 unspecified atom stereocenters. The van der Waals surface area contributed by atoms with Crippen LogP contribution in [-0.2, 0) is 10.1 Å². The van der Waals surface area contributed by atoms with E-state index in [0.717, 1.165) is 0 Å². The summed E-state index contributed by atoms with van der Waals surface area (Å²) in [5, 5.41) is 7.95. The van der Waals surface area contributed by atoms with Crippen molar-refractivity contribution in [3.05, 3.63) is 11.7 Å². The normalized spacial score (nSPS) is 11.1. The first-order valence-corrected chi connectivity index (χ1v) is 2.85. The van der Waals surface area contributed by atoms with E-state index in [2.05, 4.69) is 0 Å². The van der Waals surface area contributed by atoms with Crippen LogP contribution in [0.4, 0.5) is 0 Å². The Bertz CT molecular complexity index is 157. The molecule has 0 heterocycles. The molecule has 0 aromatic carbocycles. The van der Waals surface area contributed by atoms with Gasteiger partial charge in [0, 0.05) is 0 Å². The number of hydrogen-bond donors (Lipinski definition) is 2. The van der Waals surface area contributed by atoms with E-state index in [1.165, 1.54) is 0 Å². The van der Waals surface area contributed by atoms with Crippen LogP contribution in [0.25, 0.3) is 0 Å². The summed E-state index contributed by atoms with van der Waals surface area (Å²) in [6.07, 6.45) is 0.245. The average Bonchev–Trinajstić information content (AvgIpc) is 1.30. The Morgan fingerprint density at radius 3 is 1.75 bits per heavy atom. The first-order valence-electron chi connectivity index (χ1n) is 1.34. The predicted molar refractivity (Wildman–Crippen MR) is 31.9 cm³/mol. The summed E-state index contributed by atoms with van der Waals surface area (Å²) in [4.78, 5) is 0. The fourth-order valence-electron chi connectivity index (χ4n) is 0.0769. The largest absolute Gasteiger partial charge is 0.515 e. The van der Waals surface area contributed by atoms with E-state index in [1.54, 1.807) is 0 Å². The summed E-state index contributed by atoms with van der Waals surface area (Å²) in [6, 6.07) is 0. The van der Waals surface area contributed by atoms with E-state index in [9.17, 15) is 8.42 Å². The minimum Gasteiger partial charge on any atom is -0.515 e. The zero-order valence-electron chi connectivity index (χ0n) is 3.27. The molecule has 0 aliphatic heterocycles. The molecule has 0 aromatic heterocycles. The molecular formula is C2H6MgO4S. The van der Waals surface area contributed by atoms with Crippen LogP contribution in [0.15, 0.2) is 11.7 Å². The standard InChI is InChI=1S/C2H4O4S.Mg.2H/c3-1-2-7(4,5)6;;;/h1-3H,(H,4,5,6);;;. The van der Waals surface area contributed by atoms with Crippen LogP contribution in [-0.4, -0.2) is 41.1 Å². The summed E-state index contributed by atoms with van der Waals surface area (Å²) in [6.45, 7) is 0. The molecule has 6 heteroatoms. The topological polar surface area (TPSA) is 74.6 Å². The Labute approximate surface area is 63.1 Å². The third kappa shape index (κ3) is 9.51. The van der Waals surface area contributed by atoms with Crippen molar-refractivity contribution in [1.29, 1.82) is 0 Å². The Morgan fingerprint density at radius 1 is 1.38 bits per heavy atom. The SMILES string of the molecule is O=S(=O)(O)C=CO.[MgH2]. The number of hydrogen-bond acceptors (Lipinski definition) is 3. The van der Waals surface area contributed by atoms with E-state index in [1.807, 2.05) is 0 Å². The summed E-state index contributed by atoms with van der Waals surface area (Å²) in [5.41, 5.74) is 0. The maximum Gasteiger partial charge on any atom is 0.316 e. The van der Waals surface area contributed by atoms with Crippen LogP contribution >= 0.6 is 0 Å². The molecule has 0 aliphatic rings. The number of aliphatic hydroxyl groups is 1. The van der Waals surface area contributed by atoms with Crippen molar-refractivity contribution in [3.63, 3.8) is 0 Å². The van der Waals surface area contributed by atoms with Crippen molar-refractivity contribution in [1.82, 2.24) is 0 Å². The van der Waals surface area contributed by atoms with Crippen LogP contribution in [0.5, 0.6) is 0 Å². The fourth-order valence-corrected chi connectivity index (χ4v) is 0.231. The lowest BCUT2D eigenvalue weighted by atomic mass is 11.2. The molecule has 0 atom stereocenters. The van der Waals surface area contributed by atoms with Crippen LogP contribution in [0.2, 0.25) is 0 Å². The van der Waals surface area contributed by atoms with Gasteiger partial charge in [-0.3, -0.25) is 4.55 Å². The third-order valence-electron chi connectivity index (χ3n) is 0.233. The smallest absolute Gasteiger partial charge is 0.316 e. The molecule has 0 saturated carbocycles. The molecule has 0 bridgehead atoms. The van der Waals surface area contributed by atoms with E-state index >= 15 is 0 Å². The van der Waals surface area contributed by atoms with Gasteiger partial charge in [-0.1, -0.05) is 0 Å². The number of aliphatic hydroxyl groups excluding tert-OH is 1. The molecule has 0 fully saturated rings. The van der Waals surface area contributed by atoms with Crippen LogP contribution in [0, 0.1) is 0 Å². The van der Waals surface area contributed by atoms with E-state index in [-0.39, 0.29) is 34.7 Å². The Kier molecular flexibility index (Phi) is 5.72. The molecule has 4 nitrogen and oxygen atoms in total. The van der Waals surface area contributed by atoms with Gasteiger partial charge < -0.3 is 5.11 Å². The van der Waals surface area contributed by atoms with Gasteiger partial charge in [0.1, 0.15) is 0 Å². The Morgan fingerprint density at radius 2 is 1.75 bits per heavy atom. The zero-order valence-corrected chi connectivity index (χ0v) is 4.09. The maximum absolute atomic E-state index is 9.54. The highest BCUT2D eigenvalue weighted by molar-refractivity contribution is 7.88. The van der Waals surface area contributed by atoms with Crippen molar-refractivity contribution >= 4 is 33.2 Å². The highest BCUT2D eigenvalue weighted by Gasteiger charge is 1.91. The highest BCUT2D eigenvalue weighted by Crippen LogP contribution is 1.79. The van der Waals surface area contributed by atoms with Crippen molar-refractivity contribution in [3.8, 4) is 0 Å². The first kappa shape index (κ1) is 11.1. The van der Waals surface area contributed by atoms with Gasteiger partial charge in [-0.05, 0) is 0 Å². The molecule has 0 amide bonds. The van der Waals surface area contributed by atoms with Gasteiger partial charge in [-0.2, -0.15) is 8.42 Å². The zero-order chi connectivity index (χ0) is 5.91. The van der Waals surface area contributed by atoms with Gasteiger partial charge in [-0.25, -0.2) is 0 Å². The molecule has 0 aliphatic carbocycles. The minimum absolute atomic E-state index is 0. The molecule has 8 heavy (non-hydrogen) atoms. The average molecular weight is 150 g/mol. The second kappa shape index (κ2) is 4.13. The lowest BCUT2D eigenvalue weighted by Gasteiger charge is -1.76. The van der Waals surface area contributed by atoms with Crippen molar-refractivity contribution in [2.75, 3.05) is 0 Å². The van der Waals surface area contributed by atoms with Gasteiger partial charge >= 0.3 is 23.1 Å². The monoisotopic (exact) mass is 150 g/mol. The highest BCUT2D eigenvalue weighted by atomic mass is 32.2. The van der Waals surface area contributed by atoms with Gasteiger partial charge in [0.15, 0.2) is 0 Å². The van der Waals surface area contributed by atoms with Crippen LogP contribution < -0.4 is 0 Å². The molecule has 0 saturated heterocycles. The van der Waals surface area contributed by atoms with E-state index < -0.39 is 10.1 Å². The minimum atomic E-state index is -4.10. The summed E-state index contributed by atoms with van der Waals surface area (Å²) < 4.78 is 26.8. The van der Waals surface area contributed by atoms with Gasteiger partial charge in [0.05, 0.1) is 11.7 Å². The summed E-state index contributed by atoms with van der Waals surface area (Å²) >= 11 is 0. The number of rotatable bonds is 1. The lowest BCUT2D eigenvalue weighted by Crippen LogP contribution is -1.88. The second-order valence-corrected chi connectivity index (χ2v) is 2.10. The Balaban J connectivity index is 0. The second-order valence-electron chi connectivity index (χ2n) is 0.800. The van der Waals surface area contributed by atoms with E-state index in [0.29, 0.717) is 0 Å². The third-order valence-corrected chi connectivity index (χ3v) is 0.698. The fraction of sp³-hybridized carbons (Fsp3) is 0. The Hall–Kier alpha value is 0.216. The molecule has 0 spiro atoms.